The zero-order valence-electron chi connectivity index (χ0n) is 18.3. The Hall–Kier alpha value is -2.26. The molecule has 32 heavy (non-hydrogen) atoms. The van der Waals surface area contributed by atoms with Crippen molar-refractivity contribution in [2.45, 2.75) is 45.8 Å². The van der Waals surface area contributed by atoms with Crippen LogP contribution in [0.4, 0.5) is 10.2 Å². The van der Waals surface area contributed by atoms with Gasteiger partial charge in [0.15, 0.2) is 17.8 Å². The molecule has 2 atom stereocenters. The quantitative estimate of drug-likeness (QED) is 0.391. The predicted octanol–water partition coefficient (Wildman–Crippen LogP) is 4.67. The van der Waals surface area contributed by atoms with Gasteiger partial charge in [0.25, 0.3) is 0 Å². The van der Waals surface area contributed by atoms with Gasteiger partial charge in [0.2, 0.25) is 0 Å². The Bertz CT molecular complexity index is 970. The second-order valence-corrected chi connectivity index (χ2v) is 9.55. The number of ether oxygens (including phenoxy) is 2. The number of anilines is 1. The van der Waals surface area contributed by atoms with Crippen LogP contribution in [-0.4, -0.2) is 41.8 Å². The monoisotopic (exact) mass is 506 g/mol. The van der Waals surface area contributed by atoms with E-state index in [-0.39, 0.29) is 29.3 Å². The van der Waals surface area contributed by atoms with Crippen LogP contribution < -0.4 is 15.0 Å². The molecule has 2 saturated heterocycles. The van der Waals surface area contributed by atoms with Gasteiger partial charge >= 0.3 is 5.97 Å². The fourth-order valence-corrected chi connectivity index (χ4v) is 4.56. The summed E-state index contributed by atoms with van der Waals surface area (Å²) in [6.07, 6.45) is 6.97. The van der Waals surface area contributed by atoms with Crippen LogP contribution in [0.3, 0.4) is 0 Å². The van der Waals surface area contributed by atoms with Gasteiger partial charge < -0.3 is 14.4 Å². The zero-order chi connectivity index (χ0) is 22.7. The van der Waals surface area contributed by atoms with E-state index >= 15 is 0 Å². The van der Waals surface area contributed by atoms with Crippen LogP contribution in [0.2, 0.25) is 0 Å². The fourth-order valence-electron chi connectivity index (χ4n) is 4.13. The molecule has 7 nitrogen and oxygen atoms in total. The third-order valence-electron chi connectivity index (χ3n) is 6.16. The van der Waals surface area contributed by atoms with Crippen molar-refractivity contribution in [3.63, 3.8) is 0 Å². The first-order valence-electron chi connectivity index (χ1n) is 11.0. The lowest BCUT2D eigenvalue weighted by Gasteiger charge is -2.60. The average Bonchev–Trinajstić information content (AvgIpc) is 2.73. The molecule has 1 aromatic heterocycles. The summed E-state index contributed by atoms with van der Waals surface area (Å²) in [5.74, 6) is 1.05. The van der Waals surface area contributed by atoms with Crippen LogP contribution in [-0.2, 0) is 9.53 Å². The number of halogens is 2. The Morgan fingerprint density at radius 3 is 2.88 bits per heavy atom. The lowest BCUT2D eigenvalue weighted by molar-refractivity contribution is -0.180. The molecule has 4 rings (SSSR count). The SMILES string of the molecule is CCCCCC(C)C(=O)OC1NCC12CN(c1ncncc1Oc1ccc(F)cc1Br)C2. The maximum atomic E-state index is 13.4. The molecule has 0 saturated carbocycles. The second kappa shape index (κ2) is 9.70. The summed E-state index contributed by atoms with van der Waals surface area (Å²) in [6, 6.07) is 4.24. The highest BCUT2D eigenvalue weighted by atomic mass is 79.9. The van der Waals surface area contributed by atoms with Gasteiger partial charge in [0, 0.05) is 19.6 Å². The fraction of sp³-hybridized carbons (Fsp3) is 0.522. The van der Waals surface area contributed by atoms with Crippen molar-refractivity contribution < 1.29 is 18.7 Å². The van der Waals surface area contributed by atoms with Crippen LogP contribution in [0.1, 0.15) is 39.5 Å². The number of hydrogen-bond donors (Lipinski definition) is 1. The van der Waals surface area contributed by atoms with E-state index in [4.69, 9.17) is 9.47 Å². The Morgan fingerprint density at radius 2 is 2.19 bits per heavy atom. The van der Waals surface area contributed by atoms with Crippen LogP contribution >= 0.6 is 15.9 Å². The van der Waals surface area contributed by atoms with Gasteiger partial charge in [-0.25, -0.2) is 14.4 Å². The molecular weight excluding hydrogens is 479 g/mol. The number of aromatic nitrogens is 2. The molecule has 1 N–H and O–H groups in total. The van der Waals surface area contributed by atoms with Gasteiger partial charge in [-0.2, -0.15) is 0 Å². The summed E-state index contributed by atoms with van der Waals surface area (Å²) in [7, 11) is 0. The van der Waals surface area contributed by atoms with E-state index in [9.17, 15) is 9.18 Å². The van der Waals surface area contributed by atoms with Gasteiger partial charge in [0.05, 0.1) is 22.0 Å². The maximum absolute atomic E-state index is 13.4. The van der Waals surface area contributed by atoms with Crippen molar-refractivity contribution in [1.29, 1.82) is 0 Å². The molecule has 0 radical (unpaired) electrons. The van der Waals surface area contributed by atoms with Crippen molar-refractivity contribution in [1.82, 2.24) is 15.3 Å². The number of nitrogens with zero attached hydrogens (tertiary/aromatic N) is 3. The topological polar surface area (TPSA) is 76.6 Å². The number of carbonyl (C=O) groups excluding carboxylic acids is 1. The van der Waals surface area contributed by atoms with Crippen molar-refractivity contribution >= 4 is 27.7 Å². The molecule has 9 heteroatoms. The van der Waals surface area contributed by atoms with Crippen molar-refractivity contribution in [2.75, 3.05) is 24.5 Å². The third-order valence-corrected chi connectivity index (χ3v) is 6.78. The molecule has 2 unspecified atom stereocenters. The van der Waals surface area contributed by atoms with Crippen LogP contribution in [0.25, 0.3) is 0 Å². The Kier molecular flexibility index (Phi) is 6.95. The van der Waals surface area contributed by atoms with Crippen LogP contribution in [0.5, 0.6) is 11.5 Å². The highest BCUT2D eigenvalue weighted by Crippen LogP contribution is 2.45. The zero-order valence-corrected chi connectivity index (χ0v) is 19.9. The Morgan fingerprint density at radius 1 is 1.38 bits per heavy atom. The van der Waals surface area contributed by atoms with Gasteiger partial charge in [-0.15, -0.1) is 0 Å². The lowest BCUT2D eigenvalue weighted by Crippen LogP contribution is -2.77. The molecule has 2 fully saturated rings. The predicted molar refractivity (Wildman–Crippen MR) is 122 cm³/mol. The largest absolute Gasteiger partial charge is 0.451 e. The number of hydrogen-bond acceptors (Lipinski definition) is 7. The maximum Gasteiger partial charge on any atom is 0.310 e. The summed E-state index contributed by atoms with van der Waals surface area (Å²) in [6.45, 7) is 6.27. The highest BCUT2D eigenvalue weighted by Gasteiger charge is 2.58. The number of unbranched alkanes of at least 4 members (excludes halogenated alkanes) is 2. The van der Waals surface area contributed by atoms with Crippen LogP contribution in [0.15, 0.2) is 35.2 Å². The van der Waals surface area contributed by atoms with Gasteiger partial charge in [0.1, 0.15) is 17.9 Å². The molecule has 2 aromatic rings. The van der Waals surface area contributed by atoms with Crippen molar-refractivity contribution in [3.05, 3.63) is 41.0 Å². The number of rotatable bonds is 9. The first kappa shape index (κ1) is 22.9. The van der Waals surface area contributed by atoms with Crippen molar-refractivity contribution in [3.8, 4) is 11.5 Å². The molecule has 2 aliphatic rings. The molecule has 1 spiro atoms. The second-order valence-electron chi connectivity index (χ2n) is 8.70. The summed E-state index contributed by atoms with van der Waals surface area (Å²) >= 11 is 3.32. The molecule has 1 aromatic carbocycles. The lowest BCUT2D eigenvalue weighted by atomic mass is 9.72. The molecule has 0 aliphatic carbocycles. The summed E-state index contributed by atoms with van der Waals surface area (Å²) in [5.41, 5.74) is -0.114. The van der Waals surface area contributed by atoms with E-state index in [2.05, 4.69) is 43.0 Å². The number of benzene rings is 1. The number of carbonyl (C=O) groups is 1. The summed E-state index contributed by atoms with van der Waals surface area (Å²) in [4.78, 5) is 23.0. The number of esters is 1. The minimum Gasteiger partial charge on any atom is -0.451 e. The Labute approximate surface area is 195 Å². The molecule has 0 bridgehead atoms. The third kappa shape index (κ3) is 4.73. The van der Waals surface area contributed by atoms with Gasteiger partial charge in [-0.3, -0.25) is 10.1 Å². The van der Waals surface area contributed by atoms with E-state index in [0.29, 0.717) is 34.9 Å². The van der Waals surface area contributed by atoms with Gasteiger partial charge in [-0.05, 0) is 40.5 Å². The molecular formula is C23H28BrFN4O3. The first-order valence-corrected chi connectivity index (χ1v) is 11.8. The summed E-state index contributed by atoms with van der Waals surface area (Å²) < 4.78 is 25.6. The Balaban J connectivity index is 1.37. The molecule has 172 valence electrons. The normalized spacial score (nSPS) is 19.8. The van der Waals surface area contributed by atoms with E-state index in [0.717, 1.165) is 32.2 Å². The van der Waals surface area contributed by atoms with Crippen molar-refractivity contribution in [2.24, 2.45) is 11.3 Å². The standard InChI is InChI=1S/C23H28BrFN4O3/c1-3-4-5-6-15(2)21(30)32-22-23(11-27-22)12-29(13-23)20-19(10-26-14-28-20)31-18-8-7-16(25)9-17(18)24/h7-10,14-15,22,27H,3-6,11-13H2,1-2H3. The molecule has 3 heterocycles. The molecule has 2 aliphatic heterocycles. The highest BCUT2D eigenvalue weighted by molar-refractivity contribution is 9.10. The first-order chi connectivity index (χ1) is 15.4. The van der Waals surface area contributed by atoms with E-state index < -0.39 is 0 Å². The number of nitrogens with one attached hydrogen (secondary N) is 1. The van der Waals surface area contributed by atoms with Crippen LogP contribution in [0, 0.1) is 17.2 Å². The smallest absolute Gasteiger partial charge is 0.310 e. The average molecular weight is 507 g/mol. The minimum absolute atomic E-state index is 0.0896. The molecule has 0 amide bonds. The minimum atomic E-state index is -0.351. The van der Waals surface area contributed by atoms with Gasteiger partial charge in [-0.1, -0.05) is 33.1 Å². The summed E-state index contributed by atoms with van der Waals surface area (Å²) in [5, 5.41) is 3.26. The van der Waals surface area contributed by atoms with E-state index in [1.54, 1.807) is 12.3 Å². The van der Waals surface area contributed by atoms with E-state index in [1.165, 1.54) is 18.5 Å². The van der Waals surface area contributed by atoms with E-state index in [1.807, 2.05) is 6.92 Å².